The van der Waals surface area contributed by atoms with Gasteiger partial charge in [-0.15, -0.1) is 0 Å². The molecule has 5 heteroatoms. The van der Waals surface area contributed by atoms with Gasteiger partial charge in [0, 0.05) is 17.5 Å². The van der Waals surface area contributed by atoms with E-state index in [1.165, 1.54) is 6.07 Å². The van der Waals surface area contributed by atoms with E-state index in [4.69, 9.17) is 0 Å². The van der Waals surface area contributed by atoms with E-state index in [1.807, 2.05) is 6.07 Å². The molecule has 1 N–H and O–H groups in total. The van der Waals surface area contributed by atoms with Crippen molar-refractivity contribution < 1.29 is 18.4 Å². The highest BCUT2D eigenvalue weighted by molar-refractivity contribution is 5.98. The van der Waals surface area contributed by atoms with Gasteiger partial charge in [0.25, 0.3) is 0 Å². The molecule has 0 bridgehead atoms. The van der Waals surface area contributed by atoms with Crippen LogP contribution >= 0.6 is 0 Å². The molecule has 1 atom stereocenters. The van der Waals surface area contributed by atoms with Crippen molar-refractivity contribution in [2.45, 2.75) is 27.2 Å². The van der Waals surface area contributed by atoms with E-state index in [0.29, 0.717) is 12.1 Å². The predicted molar refractivity (Wildman–Crippen MR) is 93.5 cm³/mol. The normalized spacial score (nSPS) is 12.1. The van der Waals surface area contributed by atoms with E-state index >= 15 is 0 Å². The molecule has 0 aromatic heterocycles. The summed E-state index contributed by atoms with van der Waals surface area (Å²) in [6.45, 7) is 5.22. The fourth-order valence-corrected chi connectivity index (χ4v) is 2.49. The van der Waals surface area contributed by atoms with E-state index in [9.17, 15) is 18.4 Å². The molecule has 0 fully saturated rings. The number of carbonyl (C=O) groups excluding carboxylic acids is 2. The van der Waals surface area contributed by atoms with E-state index in [2.05, 4.69) is 5.32 Å². The summed E-state index contributed by atoms with van der Waals surface area (Å²) in [5.41, 5.74) is 0.936. The number of halogens is 2. The van der Waals surface area contributed by atoms with E-state index in [0.717, 1.165) is 17.7 Å². The van der Waals surface area contributed by atoms with Gasteiger partial charge >= 0.3 is 0 Å². The molecule has 1 unspecified atom stereocenters. The van der Waals surface area contributed by atoms with Gasteiger partial charge in [-0.1, -0.05) is 39.0 Å². The van der Waals surface area contributed by atoms with Gasteiger partial charge in [-0.2, -0.15) is 0 Å². The highest BCUT2D eigenvalue weighted by atomic mass is 19.1. The Labute approximate surface area is 146 Å². The fourth-order valence-electron chi connectivity index (χ4n) is 2.49. The maximum atomic E-state index is 13.8. The fraction of sp³-hybridized carbons (Fsp3) is 0.300. The third-order valence-electron chi connectivity index (χ3n) is 3.92. The van der Waals surface area contributed by atoms with Crippen LogP contribution in [0.5, 0.6) is 0 Å². The standard InChI is InChI=1S/C20H21F2NO2/c1-12(2)20(25)23-15-7-4-6-14(11-15)10-13(3)19(24)18-16(21)8-5-9-17(18)22/h4-9,11-13H,10H2,1-3H3,(H,23,25). The van der Waals surface area contributed by atoms with Gasteiger partial charge in [0.1, 0.15) is 11.6 Å². The molecular formula is C20H21F2NO2. The largest absolute Gasteiger partial charge is 0.326 e. The summed E-state index contributed by atoms with van der Waals surface area (Å²) < 4.78 is 27.5. The van der Waals surface area contributed by atoms with E-state index in [-0.39, 0.29) is 11.8 Å². The quantitative estimate of drug-likeness (QED) is 0.777. The molecule has 1 amide bonds. The van der Waals surface area contributed by atoms with Gasteiger partial charge in [0.15, 0.2) is 5.78 Å². The number of amides is 1. The Morgan fingerprint density at radius 3 is 2.20 bits per heavy atom. The molecule has 0 saturated carbocycles. The average Bonchev–Trinajstić information content (AvgIpc) is 2.54. The minimum absolute atomic E-state index is 0.102. The second kappa shape index (κ2) is 8.01. The maximum absolute atomic E-state index is 13.8. The highest BCUT2D eigenvalue weighted by Gasteiger charge is 2.22. The molecule has 0 radical (unpaired) electrons. The minimum Gasteiger partial charge on any atom is -0.326 e. The molecule has 0 spiro atoms. The van der Waals surface area contributed by atoms with Gasteiger partial charge in [0.05, 0.1) is 5.56 Å². The predicted octanol–water partition coefficient (Wildman–Crippen LogP) is 4.62. The van der Waals surface area contributed by atoms with Crippen molar-refractivity contribution in [3.8, 4) is 0 Å². The Morgan fingerprint density at radius 2 is 1.60 bits per heavy atom. The number of benzene rings is 2. The Hall–Kier alpha value is -2.56. The lowest BCUT2D eigenvalue weighted by molar-refractivity contribution is -0.118. The number of nitrogens with one attached hydrogen (secondary N) is 1. The lowest BCUT2D eigenvalue weighted by Gasteiger charge is -2.13. The first-order chi connectivity index (χ1) is 11.8. The lowest BCUT2D eigenvalue weighted by Crippen LogP contribution is -2.19. The van der Waals surface area contributed by atoms with Crippen LogP contribution in [0.15, 0.2) is 42.5 Å². The number of ketones is 1. The zero-order valence-electron chi connectivity index (χ0n) is 14.5. The van der Waals surface area contributed by atoms with Gasteiger partial charge in [-0.05, 0) is 36.2 Å². The molecule has 0 saturated heterocycles. The van der Waals surface area contributed by atoms with Crippen LogP contribution in [0.25, 0.3) is 0 Å². The molecule has 132 valence electrons. The molecule has 0 heterocycles. The van der Waals surface area contributed by atoms with E-state index in [1.54, 1.807) is 39.0 Å². The van der Waals surface area contributed by atoms with Crippen molar-refractivity contribution in [3.05, 3.63) is 65.2 Å². The molecule has 25 heavy (non-hydrogen) atoms. The van der Waals surface area contributed by atoms with Crippen molar-refractivity contribution in [2.24, 2.45) is 11.8 Å². The number of carbonyl (C=O) groups is 2. The van der Waals surface area contributed by atoms with Gasteiger partial charge in [-0.3, -0.25) is 9.59 Å². The van der Waals surface area contributed by atoms with Gasteiger partial charge in [-0.25, -0.2) is 8.78 Å². The second-order valence-corrected chi connectivity index (χ2v) is 6.41. The van der Waals surface area contributed by atoms with Crippen molar-refractivity contribution in [3.63, 3.8) is 0 Å². The van der Waals surface area contributed by atoms with Crippen molar-refractivity contribution in [2.75, 3.05) is 5.32 Å². The topological polar surface area (TPSA) is 46.2 Å². The third kappa shape index (κ3) is 4.72. The summed E-state index contributed by atoms with van der Waals surface area (Å²) in [6, 6.07) is 10.5. The first-order valence-corrected chi connectivity index (χ1v) is 8.17. The van der Waals surface area contributed by atoms with Crippen LogP contribution in [0.3, 0.4) is 0 Å². The zero-order valence-corrected chi connectivity index (χ0v) is 14.5. The first-order valence-electron chi connectivity index (χ1n) is 8.17. The Kier molecular flexibility index (Phi) is 6.02. The molecule has 3 nitrogen and oxygen atoms in total. The van der Waals surface area contributed by atoms with Crippen LogP contribution in [-0.4, -0.2) is 11.7 Å². The number of hydrogen-bond donors (Lipinski definition) is 1. The van der Waals surface area contributed by atoms with E-state index < -0.39 is 28.9 Å². The Bertz CT molecular complexity index is 767. The number of hydrogen-bond acceptors (Lipinski definition) is 2. The monoisotopic (exact) mass is 345 g/mol. The minimum atomic E-state index is -0.852. The first kappa shape index (κ1) is 18.8. The Morgan fingerprint density at radius 1 is 1.00 bits per heavy atom. The molecular weight excluding hydrogens is 324 g/mol. The van der Waals surface area contributed by atoms with Crippen LogP contribution in [-0.2, 0) is 11.2 Å². The molecule has 0 aliphatic rings. The third-order valence-corrected chi connectivity index (χ3v) is 3.92. The molecule has 2 aromatic carbocycles. The molecule has 2 rings (SSSR count). The summed E-state index contributed by atoms with van der Waals surface area (Å²) in [5.74, 6) is -3.12. The van der Waals surface area contributed by atoms with Gasteiger partial charge in [0.2, 0.25) is 5.91 Å². The smallest absolute Gasteiger partial charge is 0.226 e. The summed E-state index contributed by atoms with van der Waals surface area (Å²) in [4.78, 5) is 24.2. The molecule has 0 aliphatic carbocycles. The summed E-state index contributed by atoms with van der Waals surface area (Å²) >= 11 is 0. The van der Waals surface area contributed by atoms with Crippen LogP contribution in [0, 0.1) is 23.5 Å². The lowest BCUT2D eigenvalue weighted by atomic mass is 9.92. The number of rotatable bonds is 6. The van der Waals surface area contributed by atoms with Crippen LogP contribution in [0.1, 0.15) is 36.7 Å². The zero-order chi connectivity index (χ0) is 18.6. The summed E-state index contributed by atoms with van der Waals surface area (Å²) in [5, 5.41) is 2.79. The van der Waals surface area contributed by atoms with Crippen molar-refractivity contribution in [1.29, 1.82) is 0 Å². The second-order valence-electron chi connectivity index (χ2n) is 6.41. The molecule has 0 aliphatic heterocycles. The van der Waals surface area contributed by atoms with Crippen LogP contribution in [0.2, 0.25) is 0 Å². The van der Waals surface area contributed by atoms with Gasteiger partial charge < -0.3 is 5.32 Å². The number of anilines is 1. The average molecular weight is 345 g/mol. The Balaban J connectivity index is 2.14. The maximum Gasteiger partial charge on any atom is 0.226 e. The number of Topliss-reactive ketones (excluding diaryl/α,β-unsaturated/α-hetero) is 1. The molecule has 2 aromatic rings. The summed E-state index contributed by atoms with van der Waals surface area (Å²) in [7, 11) is 0. The highest BCUT2D eigenvalue weighted by Crippen LogP contribution is 2.21. The van der Waals surface area contributed by atoms with Crippen molar-refractivity contribution in [1.82, 2.24) is 0 Å². The summed E-state index contributed by atoms with van der Waals surface area (Å²) in [6.07, 6.45) is 0.317. The van der Waals surface area contributed by atoms with Crippen LogP contribution < -0.4 is 5.32 Å². The van der Waals surface area contributed by atoms with Crippen LogP contribution in [0.4, 0.5) is 14.5 Å². The SMILES string of the molecule is CC(C)C(=O)Nc1cccc(CC(C)C(=O)c2c(F)cccc2F)c1. The van der Waals surface area contributed by atoms with Crippen molar-refractivity contribution >= 4 is 17.4 Å².